The molecule has 0 aliphatic carbocycles. The van der Waals surface area contributed by atoms with Crippen LogP contribution in [0.2, 0.25) is 0 Å². The minimum absolute atomic E-state index is 0.237. The molecule has 1 rings (SSSR count). The summed E-state index contributed by atoms with van der Waals surface area (Å²) in [5.41, 5.74) is 0.112. The molecule has 1 unspecified atom stereocenters. The highest BCUT2D eigenvalue weighted by atomic mass is 16.4. The molecule has 0 radical (unpaired) electrons. The average molecular weight is 237 g/mol. The van der Waals surface area contributed by atoms with E-state index in [4.69, 9.17) is 5.11 Å². The van der Waals surface area contributed by atoms with E-state index in [0.29, 0.717) is 19.4 Å². The van der Waals surface area contributed by atoms with Crippen molar-refractivity contribution < 1.29 is 15.0 Å². The van der Waals surface area contributed by atoms with Gasteiger partial charge in [-0.2, -0.15) is 0 Å². The predicted molar refractivity (Wildman–Crippen MR) is 66.1 cm³/mol. The molecule has 94 valence electrons. The Bertz CT molecular complexity index is 375. The van der Waals surface area contributed by atoms with Crippen molar-refractivity contribution >= 4 is 5.97 Å². The number of aromatic carboxylic acids is 1. The van der Waals surface area contributed by atoms with Crippen LogP contribution in [0.3, 0.4) is 0 Å². The Hall–Kier alpha value is -1.39. The summed E-state index contributed by atoms with van der Waals surface area (Å²) in [6.07, 6.45) is 1.20. The van der Waals surface area contributed by atoms with E-state index in [1.807, 2.05) is 14.0 Å². The Morgan fingerprint density at radius 1 is 1.35 bits per heavy atom. The minimum atomic E-state index is -0.952. The molecule has 0 amide bonds. The van der Waals surface area contributed by atoms with Crippen LogP contribution in [0.25, 0.3) is 0 Å². The molecule has 4 nitrogen and oxygen atoms in total. The van der Waals surface area contributed by atoms with Gasteiger partial charge in [0.1, 0.15) is 0 Å². The van der Waals surface area contributed by atoms with E-state index < -0.39 is 11.6 Å². The summed E-state index contributed by atoms with van der Waals surface area (Å²) < 4.78 is 0. The Labute approximate surface area is 101 Å². The van der Waals surface area contributed by atoms with Crippen LogP contribution in [0.5, 0.6) is 0 Å². The highest BCUT2D eigenvalue weighted by Gasteiger charge is 2.26. The Morgan fingerprint density at radius 3 is 2.35 bits per heavy atom. The van der Waals surface area contributed by atoms with E-state index in [9.17, 15) is 9.90 Å². The third kappa shape index (κ3) is 3.28. The zero-order valence-electron chi connectivity index (χ0n) is 10.2. The molecular formula is C13H19NO3. The molecule has 0 heterocycles. The lowest BCUT2D eigenvalue weighted by Gasteiger charge is -2.27. The number of hydrogen-bond acceptors (Lipinski definition) is 3. The van der Waals surface area contributed by atoms with E-state index in [1.165, 1.54) is 12.1 Å². The van der Waals surface area contributed by atoms with Crippen molar-refractivity contribution in [1.82, 2.24) is 5.32 Å². The molecule has 0 aromatic heterocycles. The molecule has 0 saturated carbocycles. The molecule has 1 atom stereocenters. The van der Waals surface area contributed by atoms with Crippen LogP contribution < -0.4 is 5.32 Å². The van der Waals surface area contributed by atoms with Crippen LogP contribution >= 0.6 is 0 Å². The fraction of sp³-hybridized carbons (Fsp3) is 0.462. The molecule has 17 heavy (non-hydrogen) atoms. The molecule has 0 saturated heterocycles. The molecule has 1 aromatic carbocycles. The van der Waals surface area contributed by atoms with Gasteiger partial charge in [-0.1, -0.05) is 19.1 Å². The number of aliphatic hydroxyl groups is 1. The monoisotopic (exact) mass is 237 g/mol. The van der Waals surface area contributed by atoms with Crippen molar-refractivity contribution in [3.05, 3.63) is 35.4 Å². The first-order valence-corrected chi connectivity index (χ1v) is 5.74. The van der Waals surface area contributed by atoms with Crippen molar-refractivity contribution in [1.29, 1.82) is 0 Å². The highest BCUT2D eigenvalue weighted by molar-refractivity contribution is 5.87. The van der Waals surface area contributed by atoms with Crippen molar-refractivity contribution in [3.63, 3.8) is 0 Å². The maximum Gasteiger partial charge on any atom is 0.335 e. The Kier molecular flexibility index (Phi) is 4.66. The largest absolute Gasteiger partial charge is 0.478 e. The molecular weight excluding hydrogens is 218 g/mol. The first-order chi connectivity index (χ1) is 8.03. The smallest absolute Gasteiger partial charge is 0.335 e. The number of benzene rings is 1. The molecule has 0 bridgehead atoms. The second-order valence-electron chi connectivity index (χ2n) is 4.12. The quantitative estimate of drug-likeness (QED) is 0.702. The van der Waals surface area contributed by atoms with Gasteiger partial charge in [0.25, 0.3) is 0 Å². The number of carboxylic acids is 1. The molecule has 0 fully saturated rings. The Balaban J connectivity index is 2.92. The minimum Gasteiger partial charge on any atom is -0.478 e. The lowest BCUT2D eigenvalue weighted by molar-refractivity contribution is 0.0241. The van der Waals surface area contributed by atoms with Crippen LogP contribution in [0, 0.1) is 0 Å². The van der Waals surface area contributed by atoms with Gasteiger partial charge in [-0.3, -0.25) is 0 Å². The number of nitrogens with one attached hydrogen (secondary N) is 1. The Morgan fingerprint density at radius 2 is 1.94 bits per heavy atom. The van der Waals surface area contributed by atoms with Crippen molar-refractivity contribution in [2.24, 2.45) is 0 Å². The maximum absolute atomic E-state index is 10.7. The zero-order valence-corrected chi connectivity index (χ0v) is 10.2. The van der Waals surface area contributed by atoms with Crippen LogP contribution in [0.15, 0.2) is 24.3 Å². The zero-order chi connectivity index (χ0) is 12.9. The van der Waals surface area contributed by atoms with Crippen molar-refractivity contribution in [2.45, 2.75) is 25.4 Å². The number of carbonyl (C=O) groups is 1. The first-order valence-electron chi connectivity index (χ1n) is 5.74. The lowest BCUT2D eigenvalue weighted by atomic mass is 9.87. The molecule has 0 aliphatic rings. The molecule has 0 spiro atoms. The van der Waals surface area contributed by atoms with Gasteiger partial charge in [0.15, 0.2) is 0 Å². The van der Waals surface area contributed by atoms with Crippen LogP contribution in [-0.2, 0) is 5.60 Å². The van der Waals surface area contributed by atoms with Gasteiger partial charge in [-0.25, -0.2) is 4.79 Å². The van der Waals surface area contributed by atoms with Crippen LogP contribution in [-0.4, -0.2) is 29.8 Å². The second kappa shape index (κ2) is 5.80. The molecule has 4 heteroatoms. The van der Waals surface area contributed by atoms with Gasteiger partial charge in [0, 0.05) is 0 Å². The molecule has 3 N–H and O–H groups in total. The van der Waals surface area contributed by atoms with E-state index in [-0.39, 0.29) is 5.56 Å². The summed E-state index contributed by atoms with van der Waals surface area (Å²) in [7, 11) is 1.84. The third-order valence-corrected chi connectivity index (χ3v) is 3.04. The summed E-state index contributed by atoms with van der Waals surface area (Å²) >= 11 is 0. The van der Waals surface area contributed by atoms with E-state index in [1.54, 1.807) is 12.1 Å². The van der Waals surface area contributed by atoms with E-state index in [0.717, 1.165) is 5.56 Å². The number of rotatable bonds is 6. The van der Waals surface area contributed by atoms with E-state index in [2.05, 4.69) is 5.32 Å². The lowest BCUT2D eigenvalue weighted by Crippen LogP contribution is -2.29. The molecule has 0 aliphatic heterocycles. The topological polar surface area (TPSA) is 69.6 Å². The summed E-state index contributed by atoms with van der Waals surface area (Å²) in [5.74, 6) is -0.952. The normalized spacial score (nSPS) is 14.3. The fourth-order valence-corrected chi connectivity index (χ4v) is 1.78. The van der Waals surface area contributed by atoms with Crippen molar-refractivity contribution in [3.8, 4) is 0 Å². The van der Waals surface area contributed by atoms with Crippen molar-refractivity contribution in [2.75, 3.05) is 13.6 Å². The van der Waals surface area contributed by atoms with Crippen LogP contribution in [0.1, 0.15) is 35.7 Å². The van der Waals surface area contributed by atoms with Crippen LogP contribution in [0.4, 0.5) is 0 Å². The highest BCUT2D eigenvalue weighted by Crippen LogP contribution is 2.28. The first kappa shape index (κ1) is 13.7. The van der Waals surface area contributed by atoms with Gasteiger partial charge in [-0.05, 0) is 44.1 Å². The van der Waals surface area contributed by atoms with Gasteiger partial charge in [0.2, 0.25) is 0 Å². The van der Waals surface area contributed by atoms with Gasteiger partial charge >= 0.3 is 5.97 Å². The summed E-state index contributed by atoms with van der Waals surface area (Å²) in [6, 6.07) is 6.42. The summed E-state index contributed by atoms with van der Waals surface area (Å²) in [6.45, 7) is 2.63. The number of hydrogen-bond donors (Lipinski definition) is 3. The summed E-state index contributed by atoms with van der Waals surface area (Å²) in [4.78, 5) is 10.7. The maximum atomic E-state index is 10.7. The average Bonchev–Trinajstić information content (AvgIpc) is 2.36. The second-order valence-corrected chi connectivity index (χ2v) is 4.12. The van der Waals surface area contributed by atoms with E-state index >= 15 is 0 Å². The van der Waals surface area contributed by atoms with Gasteiger partial charge < -0.3 is 15.5 Å². The SMILES string of the molecule is CCC(O)(CCNC)c1ccc(C(=O)O)cc1. The van der Waals surface area contributed by atoms with Gasteiger partial charge in [-0.15, -0.1) is 0 Å². The summed E-state index contributed by atoms with van der Waals surface area (Å²) in [5, 5.41) is 22.3. The third-order valence-electron chi connectivity index (χ3n) is 3.04. The predicted octanol–water partition coefficient (Wildman–Crippen LogP) is 1.59. The number of carboxylic acid groups (broad SMARTS) is 1. The van der Waals surface area contributed by atoms with Gasteiger partial charge in [0.05, 0.1) is 11.2 Å². The standard InChI is InChI=1S/C13H19NO3/c1-3-13(17,8-9-14-2)11-6-4-10(5-7-11)12(15)16/h4-7,14,17H,3,8-9H2,1-2H3,(H,15,16). The molecule has 1 aromatic rings. The fourth-order valence-electron chi connectivity index (χ4n) is 1.78.